The molecule has 2 fully saturated rings. The van der Waals surface area contributed by atoms with Gasteiger partial charge in [-0.15, -0.1) is 0 Å². The Kier molecular flexibility index (Phi) is 5.04. The van der Waals surface area contributed by atoms with Gasteiger partial charge in [-0.1, -0.05) is 6.07 Å². The zero-order valence-electron chi connectivity index (χ0n) is 17.3. The lowest BCUT2D eigenvalue weighted by atomic mass is 9.53. The maximum atomic E-state index is 13.4. The maximum Gasteiger partial charge on any atom is 0.395 e. The molecule has 1 aromatic carbocycles. The van der Waals surface area contributed by atoms with Gasteiger partial charge in [-0.3, -0.25) is 24.0 Å². The molecular formula is C22H20F3NO7. The van der Waals surface area contributed by atoms with Crippen LogP contribution < -0.4 is 5.73 Å². The van der Waals surface area contributed by atoms with E-state index in [1.54, 1.807) is 0 Å². The van der Waals surface area contributed by atoms with Crippen LogP contribution >= 0.6 is 0 Å². The van der Waals surface area contributed by atoms with Crippen molar-refractivity contribution in [1.29, 1.82) is 0 Å². The first kappa shape index (κ1) is 23.1. The minimum absolute atomic E-state index is 0.0483. The topological polar surface area (TPSA) is 152 Å². The van der Waals surface area contributed by atoms with E-state index in [-0.39, 0.29) is 24.0 Å². The number of halogens is 3. The number of alkyl halides is 3. The van der Waals surface area contributed by atoms with Gasteiger partial charge in [0.2, 0.25) is 5.91 Å². The molecule has 0 spiro atoms. The third kappa shape index (κ3) is 3.12. The largest absolute Gasteiger partial charge is 0.507 e. The monoisotopic (exact) mass is 467 g/mol. The van der Waals surface area contributed by atoms with E-state index in [1.165, 1.54) is 0 Å². The van der Waals surface area contributed by atoms with Crippen LogP contribution in [0.25, 0.3) is 0 Å². The lowest BCUT2D eigenvalue weighted by Crippen LogP contribution is -2.68. The van der Waals surface area contributed by atoms with Crippen LogP contribution in [0.2, 0.25) is 0 Å². The average molecular weight is 467 g/mol. The molecule has 3 aliphatic rings. The Morgan fingerprint density at radius 3 is 2.36 bits per heavy atom. The lowest BCUT2D eigenvalue weighted by Gasteiger charge is -2.48. The molecule has 0 radical (unpaired) electrons. The Balaban J connectivity index is 1.82. The smallest absolute Gasteiger partial charge is 0.395 e. The summed E-state index contributed by atoms with van der Waals surface area (Å²) in [6.07, 6.45) is -5.52. The summed E-state index contributed by atoms with van der Waals surface area (Å²) in [6, 6.07) is 2.01. The third-order valence-corrected chi connectivity index (χ3v) is 7.28. The van der Waals surface area contributed by atoms with Crippen molar-refractivity contribution in [3.63, 3.8) is 0 Å². The Morgan fingerprint density at radius 2 is 1.79 bits per heavy atom. The fourth-order valence-electron chi connectivity index (χ4n) is 5.57. The molecule has 0 heterocycles. The molecule has 4 N–H and O–H groups in total. The number of aliphatic hydroxyl groups is 1. The minimum atomic E-state index is -4.63. The highest BCUT2D eigenvalue weighted by Gasteiger charge is 2.66. The molecule has 0 saturated heterocycles. The van der Waals surface area contributed by atoms with Gasteiger partial charge in [-0.05, 0) is 42.9 Å². The van der Waals surface area contributed by atoms with E-state index >= 15 is 0 Å². The SMILES string of the molecule is CC(c1ccc(O)c2c1C[C@H]1C[C@H]3CC(=O)C(C(N)=O)C(=O)[C@@]3(O)C(=O)C1C2=O)C(F)(F)F. The number of fused-ring (bicyclic) bond motifs is 3. The zero-order chi connectivity index (χ0) is 24.6. The number of amides is 1. The number of carbonyl (C=O) groups excluding carboxylic acids is 5. The van der Waals surface area contributed by atoms with E-state index in [9.17, 15) is 47.4 Å². The van der Waals surface area contributed by atoms with Crippen molar-refractivity contribution in [2.75, 3.05) is 0 Å². The molecule has 6 atom stereocenters. The molecule has 3 aliphatic carbocycles. The van der Waals surface area contributed by atoms with Gasteiger partial charge in [0.1, 0.15) is 5.75 Å². The summed E-state index contributed by atoms with van der Waals surface area (Å²) in [5.41, 5.74) is 1.58. The summed E-state index contributed by atoms with van der Waals surface area (Å²) in [6.45, 7) is 0.913. The summed E-state index contributed by atoms with van der Waals surface area (Å²) in [5.74, 6) is -14.2. The van der Waals surface area contributed by atoms with Crippen LogP contribution in [0.1, 0.15) is 47.2 Å². The van der Waals surface area contributed by atoms with Crippen LogP contribution in [0.5, 0.6) is 5.75 Å². The molecule has 8 nitrogen and oxygen atoms in total. The third-order valence-electron chi connectivity index (χ3n) is 7.28. The highest BCUT2D eigenvalue weighted by Crippen LogP contribution is 2.51. The summed E-state index contributed by atoms with van der Waals surface area (Å²) in [7, 11) is 0. The zero-order valence-corrected chi connectivity index (χ0v) is 17.3. The van der Waals surface area contributed by atoms with Gasteiger partial charge < -0.3 is 15.9 Å². The molecule has 1 amide bonds. The average Bonchev–Trinajstić information content (AvgIpc) is 2.69. The number of Topliss-reactive ketones (excluding diaryl/α,β-unsaturated/α-hetero) is 4. The Hall–Kier alpha value is -3.08. The number of hydrogen-bond donors (Lipinski definition) is 3. The van der Waals surface area contributed by atoms with Crippen molar-refractivity contribution in [1.82, 2.24) is 0 Å². The minimum Gasteiger partial charge on any atom is -0.507 e. The number of benzene rings is 1. The fourth-order valence-corrected chi connectivity index (χ4v) is 5.57. The predicted octanol–water partition coefficient (Wildman–Crippen LogP) is 0.993. The van der Waals surface area contributed by atoms with E-state index in [4.69, 9.17) is 5.73 Å². The first-order chi connectivity index (χ1) is 15.2. The molecule has 0 aromatic heterocycles. The van der Waals surface area contributed by atoms with Gasteiger partial charge in [0, 0.05) is 12.3 Å². The van der Waals surface area contributed by atoms with Gasteiger partial charge in [0.15, 0.2) is 34.7 Å². The lowest BCUT2D eigenvalue weighted by molar-refractivity contribution is -0.175. The fraction of sp³-hybridized carbons (Fsp3) is 0.500. The number of phenolic OH excluding ortho intramolecular Hbond substituents is 1. The molecule has 3 unspecified atom stereocenters. The van der Waals surface area contributed by atoms with Crippen LogP contribution in [-0.2, 0) is 25.6 Å². The molecule has 1 aromatic rings. The highest BCUT2D eigenvalue weighted by molar-refractivity contribution is 6.31. The van der Waals surface area contributed by atoms with Crippen molar-refractivity contribution >= 4 is 29.0 Å². The summed E-state index contributed by atoms with van der Waals surface area (Å²) in [4.78, 5) is 63.3. The van der Waals surface area contributed by atoms with E-state index in [1.807, 2.05) is 0 Å². The van der Waals surface area contributed by atoms with Crippen LogP contribution in [0.3, 0.4) is 0 Å². The summed E-state index contributed by atoms with van der Waals surface area (Å²) < 4.78 is 40.2. The van der Waals surface area contributed by atoms with E-state index in [2.05, 4.69) is 0 Å². The Bertz CT molecular complexity index is 1130. The van der Waals surface area contributed by atoms with Crippen LogP contribution in [0, 0.1) is 23.7 Å². The first-order valence-corrected chi connectivity index (χ1v) is 10.3. The molecule has 0 aliphatic heterocycles. The Labute approximate surface area is 184 Å². The van der Waals surface area contributed by atoms with Crippen molar-refractivity contribution in [3.8, 4) is 5.75 Å². The van der Waals surface area contributed by atoms with Gasteiger partial charge in [-0.2, -0.15) is 13.2 Å². The number of carbonyl (C=O) groups is 5. The summed E-state index contributed by atoms with van der Waals surface area (Å²) >= 11 is 0. The van der Waals surface area contributed by atoms with Gasteiger partial charge >= 0.3 is 6.18 Å². The molecular weight excluding hydrogens is 447 g/mol. The van der Waals surface area contributed by atoms with E-state index < -0.39 is 88.1 Å². The summed E-state index contributed by atoms with van der Waals surface area (Å²) in [5, 5.41) is 21.3. The maximum absolute atomic E-state index is 13.4. The number of hydrogen-bond acceptors (Lipinski definition) is 7. The standard InChI is InChI=1S/C22H20F3NO7/c1-7(22(23,24)25)10-2-3-12(27)15-11(10)5-8-4-9-6-13(28)16(20(26)32)19(31)21(9,33)18(30)14(8)17(15)29/h2-3,7-9,14,16,27,33H,4-6H2,1H3,(H2,26,32)/t7?,8-,9+,14?,16?,21+/m1/s1. The number of nitrogens with two attached hydrogens (primary N) is 1. The quantitative estimate of drug-likeness (QED) is 0.549. The first-order valence-electron chi connectivity index (χ1n) is 10.3. The Morgan fingerprint density at radius 1 is 1.15 bits per heavy atom. The van der Waals surface area contributed by atoms with Crippen LogP contribution in [-0.4, -0.2) is 51.0 Å². The highest BCUT2D eigenvalue weighted by atomic mass is 19.4. The van der Waals surface area contributed by atoms with Gasteiger partial charge in [0.25, 0.3) is 0 Å². The molecule has 176 valence electrons. The van der Waals surface area contributed by atoms with Crippen molar-refractivity contribution in [2.24, 2.45) is 29.4 Å². The molecule has 2 saturated carbocycles. The van der Waals surface area contributed by atoms with Crippen molar-refractivity contribution in [3.05, 3.63) is 28.8 Å². The van der Waals surface area contributed by atoms with Gasteiger partial charge in [-0.25, -0.2) is 0 Å². The predicted molar refractivity (Wildman–Crippen MR) is 103 cm³/mol. The number of primary amides is 1. The molecule has 11 heteroatoms. The normalized spacial score (nSPS) is 32.6. The second-order valence-electron chi connectivity index (χ2n) is 9.03. The second kappa shape index (κ2) is 7.21. The van der Waals surface area contributed by atoms with Crippen molar-refractivity contribution in [2.45, 2.75) is 43.9 Å². The second-order valence-corrected chi connectivity index (χ2v) is 9.03. The number of phenols is 1. The van der Waals surface area contributed by atoms with Gasteiger partial charge in [0.05, 0.1) is 17.4 Å². The van der Waals surface area contributed by atoms with Crippen LogP contribution in [0.15, 0.2) is 12.1 Å². The molecule has 33 heavy (non-hydrogen) atoms. The number of rotatable bonds is 2. The molecule has 0 bridgehead atoms. The van der Waals surface area contributed by atoms with E-state index in [0.717, 1.165) is 19.1 Å². The molecule has 4 rings (SSSR count). The van der Waals surface area contributed by atoms with Crippen molar-refractivity contribution < 1.29 is 47.4 Å². The van der Waals surface area contributed by atoms with Crippen LogP contribution in [0.4, 0.5) is 13.2 Å². The number of aromatic hydroxyl groups is 1. The number of ketones is 4. The van der Waals surface area contributed by atoms with E-state index in [0.29, 0.717) is 0 Å².